The monoisotopic (exact) mass is 444 g/mol. The number of halogens is 1. The Bertz CT molecular complexity index is 898. The summed E-state index contributed by atoms with van der Waals surface area (Å²) in [7, 11) is 0. The lowest BCUT2D eigenvalue weighted by Gasteiger charge is -2.34. The first-order chi connectivity index (χ1) is 13.5. The molecule has 1 aromatic carbocycles. The van der Waals surface area contributed by atoms with Crippen LogP contribution in [0.5, 0.6) is 0 Å². The van der Waals surface area contributed by atoms with E-state index >= 15 is 0 Å². The molecule has 1 saturated heterocycles. The molecule has 1 spiro atoms. The van der Waals surface area contributed by atoms with E-state index in [1.165, 1.54) is 0 Å². The van der Waals surface area contributed by atoms with Crippen LogP contribution >= 0.6 is 15.9 Å². The number of carbonyl (C=O) groups is 2. The number of benzene rings is 1. The maximum absolute atomic E-state index is 12.7. The number of ether oxygens (including phenoxy) is 1. The number of aromatic nitrogens is 1. The van der Waals surface area contributed by atoms with Gasteiger partial charge in [-0.1, -0.05) is 22.0 Å². The number of nitrogen functional groups attached to an aromatic ring is 1. The Hall–Kier alpha value is -2.61. The smallest absolute Gasteiger partial charge is 0.416 e. The van der Waals surface area contributed by atoms with E-state index in [2.05, 4.69) is 26.2 Å². The lowest BCUT2D eigenvalue weighted by molar-refractivity contribution is -0.122. The van der Waals surface area contributed by atoms with Gasteiger partial charge in [0, 0.05) is 16.6 Å². The first kappa shape index (κ1) is 18.7. The number of rotatable bonds is 3. The third-order valence-corrected chi connectivity index (χ3v) is 5.93. The molecule has 1 aliphatic heterocycles. The van der Waals surface area contributed by atoms with Crippen LogP contribution in [-0.2, 0) is 9.53 Å². The van der Waals surface area contributed by atoms with Crippen LogP contribution in [0, 0.1) is 5.92 Å². The molecule has 2 fully saturated rings. The highest BCUT2D eigenvalue weighted by molar-refractivity contribution is 9.10. The van der Waals surface area contributed by atoms with E-state index in [0.29, 0.717) is 49.4 Å². The molecule has 3 N–H and O–H groups in total. The highest BCUT2D eigenvalue weighted by atomic mass is 79.9. The average Bonchev–Trinajstić information content (AvgIpc) is 3.01. The maximum Gasteiger partial charge on any atom is 0.416 e. The summed E-state index contributed by atoms with van der Waals surface area (Å²) in [6, 6.07) is 10.8. The Morgan fingerprint density at radius 1 is 1.29 bits per heavy atom. The summed E-state index contributed by atoms with van der Waals surface area (Å²) in [5, 5.41) is 2.92. The molecule has 2 amide bonds. The van der Waals surface area contributed by atoms with E-state index in [0.717, 1.165) is 4.47 Å². The number of hydrogen-bond donors (Lipinski definition) is 2. The predicted molar refractivity (Wildman–Crippen MR) is 110 cm³/mol. The fourth-order valence-electron chi connectivity index (χ4n) is 3.86. The molecule has 0 atom stereocenters. The van der Waals surface area contributed by atoms with Crippen molar-refractivity contribution in [2.75, 3.05) is 22.5 Å². The molecule has 1 saturated carbocycles. The van der Waals surface area contributed by atoms with Crippen LogP contribution in [0.3, 0.4) is 0 Å². The van der Waals surface area contributed by atoms with Crippen LogP contribution < -0.4 is 16.0 Å². The molecule has 7 nitrogen and oxygen atoms in total. The van der Waals surface area contributed by atoms with E-state index in [4.69, 9.17) is 10.5 Å². The Labute approximate surface area is 171 Å². The molecule has 28 heavy (non-hydrogen) atoms. The van der Waals surface area contributed by atoms with Gasteiger partial charge in [0.15, 0.2) is 0 Å². The van der Waals surface area contributed by atoms with Crippen molar-refractivity contribution in [3.05, 3.63) is 47.1 Å². The Morgan fingerprint density at radius 2 is 2.07 bits per heavy atom. The molecular weight excluding hydrogens is 424 g/mol. The van der Waals surface area contributed by atoms with E-state index in [1.54, 1.807) is 29.3 Å². The predicted octanol–water partition coefficient (Wildman–Crippen LogP) is 3.95. The largest absolute Gasteiger partial charge is 0.441 e. The normalized spacial score (nSPS) is 24.2. The molecule has 8 heteroatoms. The van der Waals surface area contributed by atoms with Gasteiger partial charge in [-0.2, -0.15) is 0 Å². The van der Waals surface area contributed by atoms with Crippen molar-refractivity contribution in [2.24, 2.45) is 5.92 Å². The first-order valence-corrected chi connectivity index (χ1v) is 10.0. The quantitative estimate of drug-likeness (QED) is 0.698. The minimum absolute atomic E-state index is 0.0465. The fraction of sp³-hybridized carbons (Fsp3) is 0.350. The second-order valence-corrected chi connectivity index (χ2v) is 8.24. The highest BCUT2D eigenvalue weighted by Gasteiger charge is 2.48. The van der Waals surface area contributed by atoms with E-state index in [1.807, 2.05) is 18.2 Å². The van der Waals surface area contributed by atoms with Crippen LogP contribution in [0.15, 0.2) is 47.1 Å². The highest BCUT2D eigenvalue weighted by Crippen LogP contribution is 2.41. The Kier molecular flexibility index (Phi) is 4.97. The zero-order valence-electron chi connectivity index (χ0n) is 15.2. The summed E-state index contributed by atoms with van der Waals surface area (Å²) in [4.78, 5) is 30.8. The van der Waals surface area contributed by atoms with Crippen molar-refractivity contribution in [1.82, 2.24) is 4.98 Å². The van der Waals surface area contributed by atoms with Gasteiger partial charge in [0.05, 0.1) is 17.9 Å². The van der Waals surface area contributed by atoms with E-state index in [-0.39, 0.29) is 17.9 Å². The van der Waals surface area contributed by atoms with Crippen LogP contribution in [0.1, 0.15) is 25.7 Å². The van der Waals surface area contributed by atoms with Crippen molar-refractivity contribution in [3.63, 3.8) is 0 Å². The van der Waals surface area contributed by atoms with Crippen LogP contribution in [0.25, 0.3) is 0 Å². The first-order valence-electron chi connectivity index (χ1n) is 9.23. The van der Waals surface area contributed by atoms with Crippen molar-refractivity contribution < 1.29 is 14.3 Å². The summed E-state index contributed by atoms with van der Waals surface area (Å²) in [6.45, 7) is 0.469. The van der Waals surface area contributed by atoms with Crippen LogP contribution in [0.4, 0.5) is 22.0 Å². The third-order valence-electron chi connectivity index (χ3n) is 5.44. The zero-order chi connectivity index (χ0) is 19.7. The summed E-state index contributed by atoms with van der Waals surface area (Å²) < 4.78 is 6.59. The number of pyridine rings is 1. The molecule has 0 bridgehead atoms. The van der Waals surface area contributed by atoms with E-state index < -0.39 is 5.60 Å². The number of amides is 2. The minimum Gasteiger partial charge on any atom is -0.441 e. The van der Waals surface area contributed by atoms with Crippen LogP contribution in [-0.4, -0.2) is 29.1 Å². The Balaban J connectivity index is 1.38. The summed E-state index contributed by atoms with van der Waals surface area (Å²) in [5.74, 6) is 0.418. The number of nitrogens with one attached hydrogen (secondary N) is 1. The Morgan fingerprint density at radius 3 is 2.75 bits per heavy atom. The lowest BCUT2D eigenvalue weighted by atomic mass is 9.78. The van der Waals surface area contributed by atoms with Crippen molar-refractivity contribution in [1.29, 1.82) is 0 Å². The molecule has 146 valence electrons. The second-order valence-electron chi connectivity index (χ2n) is 7.32. The number of nitrogens with two attached hydrogens (primary N) is 1. The van der Waals surface area contributed by atoms with Gasteiger partial charge >= 0.3 is 6.09 Å². The number of anilines is 3. The molecule has 1 aromatic heterocycles. The molecule has 2 aromatic rings. The van der Waals surface area contributed by atoms with Gasteiger partial charge in [-0.3, -0.25) is 9.69 Å². The van der Waals surface area contributed by atoms with Gasteiger partial charge in [-0.05, 0) is 56.0 Å². The maximum atomic E-state index is 12.7. The summed E-state index contributed by atoms with van der Waals surface area (Å²) >= 11 is 3.36. The number of hydrogen-bond acceptors (Lipinski definition) is 5. The van der Waals surface area contributed by atoms with Gasteiger partial charge in [-0.15, -0.1) is 0 Å². The van der Waals surface area contributed by atoms with Crippen molar-refractivity contribution in [3.8, 4) is 0 Å². The molecule has 0 radical (unpaired) electrons. The van der Waals surface area contributed by atoms with Gasteiger partial charge in [0.1, 0.15) is 11.4 Å². The number of nitrogens with zero attached hydrogens (tertiary/aromatic N) is 2. The third kappa shape index (κ3) is 3.69. The van der Waals surface area contributed by atoms with Gasteiger partial charge in [0.25, 0.3) is 0 Å². The molecule has 1 aliphatic carbocycles. The van der Waals surface area contributed by atoms with Crippen LogP contribution in [0.2, 0.25) is 0 Å². The summed E-state index contributed by atoms with van der Waals surface area (Å²) in [6.07, 6.45) is 3.90. The molecule has 0 unspecified atom stereocenters. The lowest BCUT2D eigenvalue weighted by Crippen LogP contribution is -2.41. The zero-order valence-corrected chi connectivity index (χ0v) is 16.8. The van der Waals surface area contributed by atoms with Crippen molar-refractivity contribution >= 4 is 45.1 Å². The summed E-state index contributed by atoms with van der Waals surface area (Å²) in [5.41, 5.74) is 6.56. The van der Waals surface area contributed by atoms with Crippen molar-refractivity contribution in [2.45, 2.75) is 31.3 Å². The molecule has 4 rings (SSSR count). The number of carbonyl (C=O) groups excluding carboxylic acids is 2. The molecule has 2 aliphatic rings. The molecular formula is C20H21BrN4O3. The standard InChI is InChI=1S/C20H21BrN4O3/c21-14-4-5-16(15(22)11-14)24-18(26)13-6-8-20(9-7-13)12-25(19(27)28-20)17-3-1-2-10-23-17/h1-5,10-11,13H,6-9,12,22H2,(H,24,26). The second kappa shape index (κ2) is 7.43. The fourth-order valence-corrected chi connectivity index (χ4v) is 4.24. The van der Waals surface area contributed by atoms with Gasteiger partial charge in [-0.25, -0.2) is 9.78 Å². The SMILES string of the molecule is Nc1cc(Br)ccc1NC(=O)C1CCC2(CC1)CN(c1ccccn1)C(=O)O2. The van der Waals surface area contributed by atoms with E-state index in [9.17, 15) is 9.59 Å². The molecule has 2 heterocycles. The van der Waals surface area contributed by atoms with Gasteiger partial charge in [0.2, 0.25) is 5.91 Å². The topological polar surface area (TPSA) is 97.5 Å². The average molecular weight is 445 g/mol. The minimum atomic E-state index is -0.540. The van der Waals surface area contributed by atoms with Gasteiger partial charge < -0.3 is 15.8 Å².